The number of likely N-dealkylation sites (N-methyl/N-ethyl adjacent to an activating group) is 1. The molecule has 0 radical (unpaired) electrons. The van der Waals surface area contributed by atoms with Crippen LogP contribution in [0.2, 0.25) is 0 Å². The maximum Gasteiger partial charge on any atom is 0.306 e. The smallest absolute Gasteiger partial charge is 0.306 e. The van der Waals surface area contributed by atoms with Gasteiger partial charge in [-0.2, -0.15) is 0 Å². The van der Waals surface area contributed by atoms with Crippen LogP contribution in [-0.2, 0) is 27.9 Å². The summed E-state index contributed by atoms with van der Waals surface area (Å²) in [5, 5.41) is 0. The van der Waals surface area contributed by atoms with Crippen molar-refractivity contribution < 1.29 is 37.3 Å². The largest absolute Gasteiger partial charge is 0.756 e. The zero-order valence-electron chi connectivity index (χ0n) is 34.2. The van der Waals surface area contributed by atoms with Gasteiger partial charge >= 0.3 is 5.97 Å². The summed E-state index contributed by atoms with van der Waals surface area (Å²) in [5.41, 5.74) is 0. The molecule has 0 aliphatic rings. The first-order valence-corrected chi connectivity index (χ1v) is 22.3. The monoisotopic (exact) mass is 754 g/mol. The lowest BCUT2D eigenvalue weighted by Crippen LogP contribution is -2.37. The Balaban J connectivity index is 4.32. The number of hydrogen-bond acceptors (Lipinski definition) is 7. The second-order valence-corrected chi connectivity index (χ2v) is 16.4. The van der Waals surface area contributed by atoms with Gasteiger partial charge in [0, 0.05) is 13.0 Å². The molecule has 0 saturated carbocycles. The molecule has 0 heterocycles. The summed E-state index contributed by atoms with van der Waals surface area (Å²) in [6.45, 7) is 5.29. The van der Waals surface area contributed by atoms with Crippen molar-refractivity contribution in [2.45, 2.75) is 168 Å². The second kappa shape index (κ2) is 36.4. The Morgan fingerprint density at radius 2 is 1.08 bits per heavy atom. The lowest BCUT2D eigenvalue weighted by atomic mass is 10.1. The summed E-state index contributed by atoms with van der Waals surface area (Å²) in [6, 6.07) is 0. The van der Waals surface area contributed by atoms with Crippen molar-refractivity contribution in [1.29, 1.82) is 0 Å². The van der Waals surface area contributed by atoms with Crippen LogP contribution in [0.1, 0.15) is 162 Å². The van der Waals surface area contributed by atoms with Gasteiger partial charge in [-0.15, -0.1) is 0 Å². The van der Waals surface area contributed by atoms with Gasteiger partial charge in [0.05, 0.1) is 34.4 Å². The Morgan fingerprint density at radius 3 is 1.62 bits per heavy atom. The first-order valence-electron chi connectivity index (χ1n) is 20.9. The van der Waals surface area contributed by atoms with Crippen LogP contribution in [0.4, 0.5) is 0 Å². The molecule has 0 aliphatic carbocycles. The number of nitrogens with zero attached hydrogens (tertiary/aromatic N) is 1. The normalized spacial score (nSPS) is 14.3. The number of phosphoric acid groups is 1. The molecule has 0 rings (SSSR count). The van der Waals surface area contributed by atoms with E-state index in [1.165, 1.54) is 64.2 Å². The Kier molecular flexibility index (Phi) is 35.4. The highest BCUT2D eigenvalue weighted by molar-refractivity contribution is 7.45. The highest BCUT2D eigenvalue weighted by atomic mass is 31.2. The fourth-order valence-corrected chi connectivity index (χ4v) is 6.03. The van der Waals surface area contributed by atoms with E-state index in [0.717, 1.165) is 77.0 Å². The summed E-state index contributed by atoms with van der Waals surface area (Å²) >= 11 is 0. The zero-order chi connectivity index (χ0) is 38.4. The molecule has 8 nitrogen and oxygen atoms in total. The van der Waals surface area contributed by atoms with Gasteiger partial charge in [0.1, 0.15) is 19.3 Å². The number of rotatable bonds is 38. The molecule has 2 atom stereocenters. The van der Waals surface area contributed by atoms with Gasteiger partial charge in [0.25, 0.3) is 7.82 Å². The van der Waals surface area contributed by atoms with Gasteiger partial charge in [-0.1, -0.05) is 133 Å². The maximum absolute atomic E-state index is 12.6. The molecule has 52 heavy (non-hydrogen) atoms. The first-order chi connectivity index (χ1) is 25.1. The summed E-state index contributed by atoms with van der Waals surface area (Å²) in [6.07, 6.45) is 42.5. The Hall–Kier alpha value is -1.54. The Bertz CT molecular complexity index is 973. The average molecular weight is 754 g/mol. The minimum Gasteiger partial charge on any atom is -0.756 e. The van der Waals surface area contributed by atoms with Crippen molar-refractivity contribution in [2.75, 3.05) is 54.1 Å². The molecule has 9 heteroatoms. The summed E-state index contributed by atoms with van der Waals surface area (Å²) in [7, 11) is 1.33. The van der Waals surface area contributed by atoms with Crippen molar-refractivity contribution in [2.24, 2.45) is 0 Å². The van der Waals surface area contributed by atoms with E-state index < -0.39 is 13.9 Å². The van der Waals surface area contributed by atoms with E-state index in [1.807, 2.05) is 21.1 Å². The SMILES string of the molecule is CCCC/C=C\C/C=C\CCCCCCCCOCC(COP(=O)([O-])OCC[N+](C)(C)C)OC(=O)CCCCCCC/C=C\C/C=C\CCCCC. The number of phosphoric ester groups is 1. The van der Waals surface area contributed by atoms with Gasteiger partial charge in [-0.3, -0.25) is 9.36 Å². The number of allylic oxidation sites excluding steroid dienone is 8. The maximum atomic E-state index is 12.6. The molecule has 0 aromatic rings. The van der Waals surface area contributed by atoms with Crippen LogP contribution in [0.15, 0.2) is 48.6 Å². The van der Waals surface area contributed by atoms with Crippen LogP contribution in [0.25, 0.3) is 0 Å². The van der Waals surface area contributed by atoms with Gasteiger partial charge in [-0.25, -0.2) is 0 Å². The molecule has 0 aliphatic heterocycles. The highest BCUT2D eigenvalue weighted by Crippen LogP contribution is 2.38. The number of unbranched alkanes of at least 4 members (excludes halogenated alkanes) is 16. The van der Waals surface area contributed by atoms with Crippen LogP contribution >= 0.6 is 7.82 Å². The Morgan fingerprint density at radius 1 is 0.596 bits per heavy atom. The number of esters is 1. The van der Waals surface area contributed by atoms with Crippen molar-refractivity contribution in [3.8, 4) is 0 Å². The van der Waals surface area contributed by atoms with Crippen LogP contribution in [-0.4, -0.2) is 70.7 Å². The fraction of sp³-hybridized carbons (Fsp3) is 0.791. The first kappa shape index (κ1) is 50.5. The van der Waals surface area contributed by atoms with Crippen molar-refractivity contribution in [3.05, 3.63) is 48.6 Å². The molecule has 0 aromatic heterocycles. The minimum atomic E-state index is -4.53. The van der Waals surface area contributed by atoms with Gasteiger partial charge in [-0.05, 0) is 70.6 Å². The number of quaternary nitrogens is 1. The topological polar surface area (TPSA) is 94.1 Å². The molecule has 2 unspecified atom stereocenters. The second-order valence-electron chi connectivity index (χ2n) is 15.0. The molecule has 0 saturated heterocycles. The van der Waals surface area contributed by atoms with Crippen LogP contribution in [0, 0.1) is 0 Å². The number of hydrogen-bond donors (Lipinski definition) is 0. The van der Waals surface area contributed by atoms with Crippen molar-refractivity contribution >= 4 is 13.8 Å². The summed E-state index contributed by atoms with van der Waals surface area (Å²) < 4.78 is 34.5. The van der Waals surface area contributed by atoms with Crippen LogP contribution in [0.3, 0.4) is 0 Å². The minimum absolute atomic E-state index is 0.0194. The standard InChI is InChI=1S/C43H80NO7P/c1-6-8-10-12-14-16-18-20-22-24-26-28-30-32-34-36-43(45)51-42(41-50-52(46,47)49-39-37-44(3,4)5)40-48-38-35-33-31-29-27-25-23-21-19-17-15-13-11-9-7-2/h13-16,19-22,42H,6-12,17-18,23-41H2,1-5H3/b15-13-,16-14-,21-19-,22-20-. The van der Waals surface area contributed by atoms with E-state index in [-0.39, 0.29) is 25.8 Å². The molecule has 304 valence electrons. The molecule has 0 bridgehead atoms. The van der Waals surface area contributed by atoms with E-state index in [0.29, 0.717) is 24.1 Å². The van der Waals surface area contributed by atoms with Crippen LogP contribution in [0.5, 0.6) is 0 Å². The summed E-state index contributed by atoms with van der Waals surface area (Å²) in [4.78, 5) is 25.0. The molecular formula is C43H80NO7P. The molecular weight excluding hydrogens is 673 g/mol. The number of carbonyl (C=O) groups is 1. The third kappa shape index (κ3) is 39.7. The molecule has 0 N–H and O–H groups in total. The van der Waals surface area contributed by atoms with E-state index in [4.69, 9.17) is 18.5 Å². The predicted molar refractivity (Wildman–Crippen MR) is 217 cm³/mol. The third-order valence-electron chi connectivity index (χ3n) is 8.60. The predicted octanol–water partition coefficient (Wildman–Crippen LogP) is 11.4. The fourth-order valence-electron chi connectivity index (χ4n) is 5.30. The quantitative estimate of drug-likeness (QED) is 0.0204. The van der Waals surface area contributed by atoms with Gasteiger partial charge < -0.3 is 27.9 Å². The average Bonchev–Trinajstić information content (AvgIpc) is 3.09. The van der Waals surface area contributed by atoms with Gasteiger partial charge in [0.2, 0.25) is 0 Å². The van der Waals surface area contributed by atoms with E-state index in [1.54, 1.807) is 0 Å². The zero-order valence-corrected chi connectivity index (χ0v) is 35.1. The molecule has 0 amide bonds. The van der Waals surface area contributed by atoms with Gasteiger partial charge in [0.15, 0.2) is 0 Å². The van der Waals surface area contributed by atoms with Crippen molar-refractivity contribution in [3.63, 3.8) is 0 Å². The summed E-state index contributed by atoms with van der Waals surface area (Å²) in [5.74, 6) is -0.354. The molecule has 0 spiro atoms. The lowest BCUT2D eigenvalue weighted by molar-refractivity contribution is -0.870. The van der Waals surface area contributed by atoms with Crippen LogP contribution < -0.4 is 4.89 Å². The number of carbonyl (C=O) groups excluding carboxylic acids is 1. The highest BCUT2D eigenvalue weighted by Gasteiger charge is 2.20. The molecule has 0 aromatic carbocycles. The van der Waals surface area contributed by atoms with E-state index in [9.17, 15) is 14.3 Å². The van der Waals surface area contributed by atoms with E-state index >= 15 is 0 Å². The number of ether oxygens (including phenoxy) is 2. The van der Waals surface area contributed by atoms with Crippen molar-refractivity contribution in [1.82, 2.24) is 0 Å². The molecule has 0 fully saturated rings. The third-order valence-corrected chi connectivity index (χ3v) is 9.57. The van der Waals surface area contributed by atoms with E-state index in [2.05, 4.69) is 62.5 Å². The Labute approximate surface area is 320 Å². The lowest BCUT2D eigenvalue weighted by Gasteiger charge is -2.28.